The molecule has 2 fully saturated rings. The van der Waals surface area contributed by atoms with E-state index in [1.165, 1.54) is 43.2 Å². The lowest BCUT2D eigenvalue weighted by Gasteiger charge is -2.41. The van der Waals surface area contributed by atoms with Gasteiger partial charge >= 0.3 is 0 Å². The van der Waals surface area contributed by atoms with Crippen molar-refractivity contribution >= 4 is 5.91 Å². The minimum atomic E-state index is 0.333. The monoisotopic (exact) mass is 383 g/mol. The highest BCUT2D eigenvalue weighted by molar-refractivity contribution is 5.78. The van der Waals surface area contributed by atoms with E-state index in [2.05, 4.69) is 52.8 Å². The van der Waals surface area contributed by atoms with Crippen molar-refractivity contribution in [1.82, 2.24) is 14.7 Å². The van der Waals surface area contributed by atoms with Crippen LogP contribution in [0.3, 0.4) is 0 Å². The van der Waals surface area contributed by atoms with Crippen LogP contribution in [0.2, 0.25) is 0 Å². The Labute approximate surface area is 170 Å². The van der Waals surface area contributed by atoms with E-state index in [0.29, 0.717) is 24.5 Å². The summed E-state index contributed by atoms with van der Waals surface area (Å²) in [4.78, 5) is 20.2. The third-order valence-corrected chi connectivity index (χ3v) is 7.29. The molecule has 4 nitrogen and oxygen atoms in total. The topological polar surface area (TPSA) is 26.8 Å². The fourth-order valence-corrected chi connectivity index (χ4v) is 5.49. The summed E-state index contributed by atoms with van der Waals surface area (Å²) in [6.45, 7) is 9.89. The van der Waals surface area contributed by atoms with E-state index < -0.39 is 0 Å². The molecule has 1 aromatic rings. The van der Waals surface area contributed by atoms with E-state index in [1.54, 1.807) is 0 Å². The van der Waals surface area contributed by atoms with Crippen LogP contribution in [-0.4, -0.2) is 65.9 Å². The number of carbonyl (C=O) groups is 1. The molecule has 1 aromatic carbocycles. The average Bonchev–Trinajstić information content (AvgIpc) is 3.23. The number of benzene rings is 1. The Kier molecular flexibility index (Phi) is 6.37. The summed E-state index contributed by atoms with van der Waals surface area (Å²) < 4.78 is 0. The average molecular weight is 384 g/mol. The van der Waals surface area contributed by atoms with E-state index in [4.69, 9.17) is 0 Å². The minimum Gasteiger partial charge on any atom is -0.339 e. The summed E-state index contributed by atoms with van der Waals surface area (Å²) in [7, 11) is 0. The molecule has 0 radical (unpaired) electrons. The maximum atomic E-state index is 13.1. The lowest BCUT2D eigenvalue weighted by molar-refractivity contribution is -0.135. The van der Waals surface area contributed by atoms with Gasteiger partial charge in [-0.1, -0.05) is 49.9 Å². The molecule has 0 spiro atoms. The zero-order valence-corrected chi connectivity index (χ0v) is 17.8. The van der Waals surface area contributed by atoms with Gasteiger partial charge in [0.2, 0.25) is 5.91 Å². The Hall–Kier alpha value is -1.39. The van der Waals surface area contributed by atoms with Gasteiger partial charge in [0.15, 0.2) is 0 Å². The first-order valence-electron chi connectivity index (χ1n) is 11.5. The summed E-state index contributed by atoms with van der Waals surface area (Å²) in [5, 5.41) is 0. The molecule has 4 heteroatoms. The Balaban J connectivity index is 1.42. The van der Waals surface area contributed by atoms with Gasteiger partial charge in [-0.3, -0.25) is 14.6 Å². The largest absolute Gasteiger partial charge is 0.339 e. The van der Waals surface area contributed by atoms with Gasteiger partial charge in [0.25, 0.3) is 0 Å². The maximum absolute atomic E-state index is 13.1. The molecule has 154 valence electrons. The van der Waals surface area contributed by atoms with Gasteiger partial charge in [-0.25, -0.2) is 0 Å². The first-order valence-corrected chi connectivity index (χ1v) is 11.5. The second-order valence-electron chi connectivity index (χ2n) is 9.33. The van der Waals surface area contributed by atoms with Crippen molar-refractivity contribution in [1.29, 1.82) is 0 Å². The molecule has 28 heavy (non-hydrogen) atoms. The fourth-order valence-electron chi connectivity index (χ4n) is 5.49. The van der Waals surface area contributed by atoms with Gasteiger partial charge in [0.1, 0.15) is 0 Å². The molecular weight excluding hydrogens is 346 g/mol. The SMILES string of the molecule is CC(C)N1CCN(C(=O)CN2CCc3ccccc3C2CC2CCCC2)CC1. The van der Waals surface area contributed by atoms with Crippen LogP contribution >= 0.6 is 0 Å². The van der Waals surface area contributed by atoms with E-state index in [-0.39, 0.29) is 0 Å². The normalized spacial score (nSPS) is 24.7. The highest BCUT2D eigenvalue weighted by Gasteiger charge is 2.33. The van der Waals surface area contributed by atoms with Crippen LogP contribution < -0.4 is 0 Å². The van der Waals surface area contributed by atoms with Crippen LogP contribution in [-0.2, 0) is 11.2 Å². The highest BCUT2D eigenvalue weighted by atomic mass is 16.2. The molecule has 0 aromatic heterocycles. The summed E-state index contributed by atoms with van der Waals surface area (Å²) in [5.74, 6) is 1.17. The van der Waals surface area contributed by atoms with E-state index in [0.717, 1.165) is 45.1 Å². The Morgan fingerprint density at radius 2 is 1.75 bits per heavy atom. The number of nitrogens with zero attached hydrogens (tertiary/aromatic N) is 3. The number of hydrogen-bond donors (Lipinski definition) is 0. The molecular formula is C24H37N3O. The van der Waals surface area contributed by atoms with Crippen molar-refractivity contribution in [2.24, 2.45) is 5.92 Å². The first kappa shape index (κ1) is 19.9. The highest BCUT2D eigenvalue weighted by Crippen LogP contribution is 2.39. The zero-order chi connectivity index (χ0) is 19.5. The third-order valence-electron chi connectivity index (χ3n) is 7.29. The molecule has 1 amide bonds. The molecule has 3 aliphatic rings. The number of piperazine rings is 1. The molecule has 0 bridgehead atoms. The number of rotatable bonds is 5. The van der Waals surface area contributed by atoms with Crippen LogP contribution in [0.5, 0.6) is 0 Å². The molecule has 2 aliphatic heterocycles. The molecule has 2 heterocycles. The second kappa shape index (κ2) is 8.96. The van der Waals surface area contributed by atoms with Crippen molar-refractivity contribution in [3.63, 3.8) is 0 Å². The second-order valence-corrected chi connectivity index (χ2v) is 9.33. The van der Waals surface area contributed by atoms with Crippen molar-refractivity contribution < 1.29 is 4.79 Å². The summed E-state index contributed by atoms with van der Waals surface area (Å²) in [5.41, 5.74) is 2.98. The summed E-state index contributed by atoms with van der Waals surface area (Å²) in [6, 6.07) is 9.95. The molecule has 1 atom stereocenters. The first-order chi connectivity index (χ1) is 13.6. The van der Waals surface area contributed by atoms with Crippen molar-refractivity contribution in [3.05, 3.63) is 35.4 Å². The van der Waals surface area contributed by atoms with Crippen molar-refractivity contribution in [2.45, 2.75) is 64.5 Å². The number of amides is 1. The maximum Gasteiger partial charge on any atom is 0.236 e. The predicted octanol–water partition coefficient (Wildman–Crippen LogP) is 3.72. The standard InChI is InChI=1S/C24H37N3O/c1-19(2)25-13-15-26(16-14-25)24(28)18-27-12-11-21-9-5-6-10-22(21)23(27)17-20-7-3-4-8-20/h5-6,9-10,19-20,23H,3-4,7-8,11-18H2,1-2H3. The van der Waals surface area contributed by atoms with Gasteiger partial charge < -0.3 is 4.90 Å². The Bertz CT molecular complexity index is 660. The minimum absolute atomic E-state index is 0.333. The Morgan fingerprint density at radius 1 is 1.04 bits per heavy atom. The van der Waals surface area contributed by atoms with Gasteiger partial charge in [-0.2, -0.15) is 0 Å². The van der Waals surface area contributed by atoms with E-state index in [9.17, 15) is 4.79 Å². The lowest BCUT2D eigenvalue weighted by atomic mass is 9.86. The van der Waals surface area contributed by atoms with Gasteiger partial charge in [-0.05, 0) is 43.7 Å². The lowest BCUT2D eigenvalue weighted by Crippen LogP contribution is -2.53. The molecule has 1 unspecified atom stereocenters. The van der Waals surface area contributed by atoms with Gasteiger partial charge in [0, 0.05) is 44.8 Å². The Morgan fingerprint density at radius 3 is 2.46 bits per heavy atom. The molecule has 1 saturated heterocycles. The number of fused-ring (bicyclic) bond motifs is 1. The van der Waals surface area contributed by atoms with E-state index >= 15 is 0 Å². The zero-order valence-electron chi connectivity index (χ0n) is 17.8. The summed E-state index contributed by atoms with van der Waals surface area (Å²) in [6.07, 6.45) is 7.82. The van der Waals surface area contributed by atoms with Crippen molar-refractivity contribution in [3.8, 4) is 0 Å². The van der Waals surface area contributed by atoms with Crippen LogP contribution in [0.25, 0.3) is 0 Å². The van der Waals surface area contributed by atoms with Crippen LogP contribution in [0.4, 0.5) is 0 Å². The molecule has 1 saturated carbocycles. The smallest absolute Gasteiger partial charge is 0.236 e. The molecule has 1 aliphatic carbocycles. The van der Waals surface area contributed by atoms with E-state index in [1.807, 2.05) is 0 Å². The molecule has 4 rings (SSSR count). The predicted molar refractivity (Wildman–Crippen MR) is 114 cm³/mol. The third kappa shape index (κ3) is 4.44. The summed E-state index contributed by atoms with van der Waals surface area (Å²) >= 11 is 0. The van der Waals surface area contributed by atoms with Crippen LogP contribution in [0, 0.1) is 5.92 Å². The quantitative estimate of drug-likeness (QED) is 0.775. The van der Waals surface area contributed by atoms with Gasteiger partial charge in [0.05, 0.1) is 6.54 Å². The molecule has 0 N–H and O–H groups in total. The fraction of sp³-hybridized carbons (Fsp3) is 0.708. The van der Waals surface area contributed by atoms with Crippen molar-refractivity contribution in [2.75, 3.05) is 39.3 Å². The van der Waals surface area contributed by atoms with Crippen LogP contribution in [0.1, 0.15) is 63.1 Å². The number of hydrogen-bond acceptors (Lipinski definition) is 3. The van der Waals surface area contributed by atoms with Gasteiger partial charge in [-0.15, -0.1) is 0 Å². The van der Waals surface area contributed by atoms with Crippen LogP contribution in [0.15, 0.2) is 24.3 Å². The number of carbonyl (C=O) groups excluding carboxylic acids is 1.